The number of nitrogens with one attached hydrogen (secondary N) is 1. The molecule has 1 aromatic heterocycles. The van der Waals surface area contributed by atoms with Crippen molar-refractivity contribution in [2.45, 2.75) is 19.4 Å². The van der Waals surface area contributed by atoms with Crippen LogP contribution in [-0.2, 0) is 4.79 Å². The molecule has 0 fully saturated rings. The number of thiazole rings is 1. The van der Waals surface area contributed by atoms with Gasteiger partial charge < -0.3 is 5.32 Å². The summed E-state index contributed by atoms with van der Waals surface area (Å²) in [6, 6.07) is 0.00579. The molecule has 0 saturated carbocycles. The van der Waals surface area contributed by atoms with Gasteiger partial charge in [-0.25, -0.2) is 4.98 Å². The van der Waals surface area contributed by atoms with Crippen LogP contribution in [0.25, 0.3) is 0 Å². The second kappa shape index (κ2) is 5.19. The number of rotatable bonds is 4. The van der Waals surface area contributed by atoms with Gasteiger partial charge in [0.15, 0.2) is 0 Å². The minimum Gasteiger partial charge on any atom is -0.346 e. The molecule has 1 atom stereocenters. The molecule has 0 aromatic carbocycles. The molecule has 3 nitrogen and oxygen atoms in total. The summed E-state index contributed by atoms with van der Waals surface area (Å²) in [7, 11) is 0. The number of aromatic nitrogens is 1. The Labute approximate surface area is 86.1 Å². The number of halogens is 1. The number of hydrogen-bond donors (Lipinski definition) is 1. The lowest BCUT2D eigenvalue weighted by atomic mass is 10.2. The van der Waals surface area contributed by atoms with Gasteiger partial charge >= 0.3 is 0 Å². The van der Waals surface area contributed by atoms with Crippen LogP contribution in [0.1, 0.15) is 24.4 Å². The second-order valence-corrected chi connectivity index (χ2v) is 3.73. The van der Waals surface area contributed by atoms with Gasteiger partial charge in [0.2, 0.25) is 5.91 Å². The lowest BCUT2D eigenvalue weighted by molar-refractivity contribution is -0.119. The van der Waals surface area contributed by atoms with E-state index in [1.54, 1.807) is 6.20 Å². The van der Waals surface area contributed by atoms with Crippen molar-refractivity contribution in [1.29, 1.82) is 0 Å². The first-order valence-electron chi connectivity index (χ1n) is 4.02. The normalized spacial score (nSPS) is 12.5. The Balaban J connectivity index is 2.58. The molecule has 0 aliphatic carbocycles. The van der Waals surface area contributed by atoms with Crippen LogP contribution < -0.4 is 5.32 Å². The largest absolute Gasteiger partial charge is 0.346 e. The molecule has 1 rings (SSSR count). The van der Waals surface area contributed by atoms with Crippen molar-refractivity contribution in [3.63, 3.8) is 0 Å². The highest BCUT2D eigenvalue weighted by Gasteiger charge is 2.13. The second-order valence-electron chi connectivity index (χ2n) is 2.53. The third kappa shape index (κ3) is 2.97. The van der Waals surface area contributed by atoms with Gasteiger partial charge in [-0.3, -0.25) is 4.79 Å². The topological polar surface area (TPSA) is 42.0 Å². The highest BCUT2D eigenvalue weighted by atomic mass is 35.5. The number of carbonyl (C=O) groups excluding carboxylic acids is 1. The third-order valence-electron chi connectivity index (χ3n) is 1.61. The molecule has 0 radical (unpaired) electrons. The van der Waals surface area contributed by atoms with Crippen molar-refractivity contribution < 1.29 is 4.79 Å². The van der Waals surface area contributed by atoms with Gasteiger partial charge in [0.05, 0.1) is 6.04 Å². The van der Waals surface area contributed by atoms with Crippen LogP contribution in [0, 0.1) is 0 Å². The fourth-order valence-electron chi connectivity index (χ4n) is 0.978. The molecule has 0 saturated heterocycles. The molecular formula is C8H11ClN2OS. The van der Waals surface area contributed by atoms with E-state index in [9.17, 15) is 4.79 Å². The Hall–Kier alpha value is -0.610. The molecule has 1 heterocycles. The van der Waals surface area contributed by atoms with Crippen molar-refractivity contribution in [1.82, 2.24) is 10.3 Å². The van der Waals surface area contributed by atoms with E-state index in [1.807, 2.05) is 12.3 Å². The number of hydrogen-bond acceptors (Lipinski definition) is 3. The highest BCUT2D eigenvalue weighted by molar-refractivity contribution is 7.09. The van der Waals surface area contributed by atoms with Gasteiger partial charge in [-0.15, -0.1) is 22.9 Å². The molecule has 0 spiro atoms. The number of nitrogens with zero attached hydrogens (tertiary/aromatic N) is 1. The minimum absolute atomic E-state index is 0.00186. The molecule has 1 unspecified atom stereocenters. The average Bonchev–Trinajstić information content (AvgIpc) is 2.66. The van der Waals surface area contributed by atoms with Crippen LogP contribution in [0.2, 0.25) is 0 Å². The fourth-order valence-corrected chi connectivity index (χ4v) is 1.83. The quantitative estimate of drug-likeness (QED) is 0.785. The van der Waals surface area contributed by atoms with Crippen LogP contribution in [0.5, 0.6) is 0 Å². The molecule has 1 N–H and O–H groups in total. The maximum absolute atomic E-state index is 11.0. The van der Waals surface area contributed by atoms with E-state index in [1.165, 1.54) is 11.3 Å². The zero-order valence-electron chi connectivity index (χ0n) is 7.29. The molecule has 1 aromatic rings. The summed E-state index contributed by atoms with van der Waals surface area (Å²) in [6.07, 6.45) is 2.56. The Morgan fingerprint density at radius 1 is 1.85 bits per heavy atom. The van der Waals surface area contributed by atoms with Crippen LogP contribution in [-0.4, -0.2) is 16.8 Å². The molecule has 5 heteroatoms. The third-order valence-corrected chi connectivity index (χ3v) is 2.75. The summed E-state index contributed by atoms with van der Waals surface area (Å²) in [6.45, 7) is 2.00. The maximum atomic E-state index is 11.0. The van der Waals surface area contributed by atoms with Gasteiger partial charge in [-0.1, -0.05) is 6.92 Å². The fraction of sp³-hybridized carbons (Fsp3) is 0.500. The van der Waals surface area contributed by atoms with E-state index < -0.39 is 0 Å². The van der Waals surface area contributed by atoms with E-state index in [-0.39, 0.29) is 17.8 Å². The summed E-state index contributed by atoms with van der Waals surface area (Å²) in [5, 5.41) is 5.62. The van der Waals surface area contributed by atoms with Crippen molar-refractivity contribution in [3.05, 3.63) is 16.6 Å². The van der Waals surface area contributed by atoms with E-state index in [2.05, 4.69) is 10.3 Å². The van der Waals surface area contributed by atoms with Crippen LogP contribution in [0.15, 0.2) is 11.6 Å². The Morgan fingerprint density at radius 3 is 3.08 bits per heavy atom. The summed E-state index contributed by atoms with van der Waals surface area (Å²) in [5.74, 6) is -0.147. The standard InChI is InChI=1S/C8H11ClN2OS/c1-2-6(11-7(12)5-9)8-10-3-4-13-8/h3-4,6H,2,5H2,1H3,(H,11,12). The molecular weight excluding hydrogens is 208 g/mol. The first-order chi connectivity index (χ1) is 6.27. The van der Waals surface area contributed by atoms with Crippen molar-refractivity contribution in [2.75, 3.05) is 5.88 Å². The summed E-state index contributed by atoms with van der Waals surface area (Å²) >= 11 is 6.92. The molecule has 72 valence electrons. The maximum Gasteiger partial charge on any atom is 0.235 e. The van der Waals surface area contributed by atoms with Crippen LogP contribution >= 0.6 is 22.9 Å². The number of alkyl halides is 1. The lowest BCUT2D eigenvalue weighted by Gasteiger charge is -2.12. The molecule has 1 amide bonds. The zero-order valence-corrected chi connectivity index (χ0v) is 8.86. The van der Waals surface area contributed by atoms with Crippen molar-refractivity contribution in [2.24, 2.45) is 0 Å². The Bertz CT molecular complexity index is 263. The van der Waals surface area contributed by atoms with E-state index in [4.69, 9.17) is 11.6 Å². The summed E-state index contributed by atoms with van der Waals surface area (Å²) in [4.78, 5) is 15.1. The highest BCUT2D eigenvalue weighted by Crippen LogP contribution is 2.18. The molecule has 0 aliphatic heterocycles. The molecule has 0 aliphatic rings. The summed E-state index contributed by atoms with van der Waals surface area (Å²) < 4.78 is 0. The van der Waals surface area contributed by atoms with E-state index in [0.29, 0.717) is 0 Å². The van der Waals surface area contributed by atoms with E-state index in [0.717, 1.165) is 11.4 Å². The first-order valence-corrected chi connectivity index (χ1v) is 5.44. The predicted octanol–water partition coefficient (Wildman–Crippen LogP) is 1.95. The van der Waals surface area contributed by atoms with Gasteiger partial charge in [0.25, 0.3) is 0 Å². The van der Waals surface area contributed by atoms with Gasteiger partial charge in [0.1, 0.15) is 10.9 Å². The molecule has 0 bridgehead atoms. The van der Waals surface area contributed by atoms with Crippen LogP contribution in [0.3, 0.4) is 0 Å². The Morgan fingerprint density at radius 2 is 2.62 bits per heavy atom. The monoisotopic (exact) mass is 218 g/mol. The van der Waals surface area contributed by atoms with Crippen molar-refractivity contribution >= 4 is 28.8 Å². The van der Waals surface area contributed by atoms with Gasteiger partial charge in [-0.2, -0.15) is 0 Å². The van der Waals surface area contributed by atoms with Gasteiger partial charge in [0, 0.05) is 11.6 Å². The van der Waals surface area contributed by atoms with E-state index >= 15 is 0 Å². The number of amides is 1. The zero-order chi connectivity index (χ0) is 9.68. The van der Waals surface area contributed by atoms with Crippen LogP contribution in [0.4, 0.5) is 0 Å². The smallest absolute Gasteiger partial charge is 0.235 e. The average molecular weight is 219 g/mol. The Kier molecular flexibility index (Phi) is 4.18. The summed E-state index contributed by atoms with van der Waals surface area (Å²) in [5.41, 5.74) is 0. The van der Waals surface area contributed by atoms with Crippen molar-refractivity contribution in [3.8, 4) is 0 Å². The van der Waals surface area contributed by atoms with Gasteiger partial charge in [-0.05, 0) is 6.42 Å². The molecule has 13 heavy (non-hydrogen) atoms. The SMILES string of the molecule is CCC(NC(=O)CCl)c1nccs1. The first kappa shape index (κ1) is 10.5. The predicted molar refractivity (Wildman–Crippen MR) is 54.0 cm³/mol. The lowest BCUT2D eigenvalue weighted by Crippen LogP contribution is -2.28. The minimum atomic E-state index is -0.149. The number of carbonyl (C=O) groups is 1.